The van der Waals surface area contributed by atoms with Gasteiger partial charge in [0.05, 0.1) is 0 Å². The monoisotopic (exact) mass is 292 g/mol. The second-order valence-corrected chi connectivity index (χ2v) is 4.88. The number of benzene rings is 1. The van der Waals surface area contributed by atoms with Gasteiger partial charge >= 0.3 is 0 Å². The number of nitrogens with one attached hydrogen (secondary N) is 1. The quantitative estimate of drug-likeness (QED) is 0.732. The fourth-order valence-electron chi connectivity index (χ4n) is 1.99. The Balaban J connectivity index is 2.09. The number of rotatable bonds is 7. The number of amides is 1. The highest BCUT2D eigenvalue weighted by atomic mass is 16.7. The summed E-state index contributed by atoms with van der Waals surface area (Å²) in [4.78, 5) is 11.6. The van der Waals surface area contributed by atoms with Crippen LogP contribution in [-0.4, -0.2) is 31.9 Å². The summed E-state index contributed by atoms with van der Waals surface area (Å²) in [5.41, 5.74) is 6.74. The standard InChI is InChI=1S/C15H20N2O4/c1-3-4-17-15(18)8-19-12-7-14-13(20-9-21-14)6-11(12)5-10(2)16/h3,6-7,10H,1,4-5,8-9,16H2,2H3,(H,17,18). The summed E-state index contributed by atoms with van der Waals surface area (Å²) in [7, 11) is 0. The highest BCUT2D eigenvalue weighted by Crippen LogP contribution is 2.38. The zero-order valence-corrected chi connectivity index (χ0v) is 12.1. The third kappa shape index (κ3) is 4.13. The molecule has 1 aromatic carbocycles. The van der Waals surface area contributed by atoms with Crippen LogP contribution in [0.1, 0.15) is 12.5 Å². The van der Waals surface area contributed by atoms with Crippen LogP contribution in [0.3, 0.4) is 0 Å². The number of hydrogen-bond donors (Lipinski definition) is 2. The molecular formula is C15H20N2O4. The molecule has 0 fully saturated rings. The molecule has 1 amide bonds. The number of fused-ring (bicyclic) bond motifs is 1. The largest absolute Gasteiger partial charge is 0.483 e. The van der Waals surface area contributed by atoms with Gasteiger partial charge in [-0.3, -0.25) is 4.79 Å². The lowest BCUT2D eigenvalue weighted by Gasteiger charge is -2.14. The smallest absolute Gasteiger partial charge is 0.258 e. The third-order valence-electron chi connectivity index (χ3n) is 2.90. The van der Waals surface area contributed by atoms with E-state index in [4.69, 9.17) is 19.9 Å². The molecule has 6 heteroatoms. The lowest BCUT2D eigenvalue weighted by molar-refractivity contribution is -0.122. The normalized spacial score (nSPS) is 13.6. The van der Waals surface area contributed by atoms with E-state index in [1.807, 2.05) is 13.0 Å². The predicted octanol–water partition coefficient (Wildman–Crippen LogP) is 0.986. The molecule has 0 radical (unpaired) electrons. The van der Waals surface area contributed by atoms with Crippen LogP contribution in [-0.2, 0) is 11.2 Å². The van der Waals surface area contributed by atoms with Gasteiger partial charge in [0, 0.05) is 18.7 Å². The Morgan fingerprint density at radius 1 is 1.52 bits per heavy atom. The Morgan fingerprint density at radius 3 is 2.90 bits per heavy atom. The van der Waals surface area contributed by atoms with Gasteiger partial charge in [0.25, 0.3) is 5.91 Å². The molecule has 1 atom stereocenters. The van der Waals surface area contributed by atoms with Gasteiger partial charge in [-0.05, 0) is 25.0 Å². The van der Waals surface area contributed by atoms with Crippen LogP contribution in [0.4, 0.5) is 0 Å². The third-order valence-corrected chi connectivity index (χ3v) is 2.90. The average molecular weight is 292 g/mol. The fraction of sp³-hybridized carbons (Fsp3) is 0.400. The minimum atomic E-state index is -0.209. The minimum Gasteiger partial charge on any atom is -0.483 e. The molecule has 3 N–H and O–H groups in total. The molecule has 114 valence electrons. The van der Waals surface area contributed by atoms with Gasteiger partial charge < -0.3 is 25.3 Å². The summed E-state index contributed by atoms with van der Waals surface area (Å²) in [6.07, 6.45) is 2.24. The van der Waals surface area contributed by atoms with E-state index in [0.717, 1.165) is 5.56 Å². The Hall–Kier alpha value is -2.21. The van der Waals surface area contributed by atoms with Crippen molar-refractivity contribution in [3.8, 4) is 17.2 Å². The van der Waals surface area contributed by atoms with Crippen molar-refractivity contribution < 1.29 is 19.0 Å². The van der Waals surface area contributed by atoms with Crippen LogP contribution in [0, 0.1) is 0 Å². The first-order valence-electron chi connectivity index (χ1n) is 6.78. The van der Waals surface area contributed by atoms with E-state index in [2.05, 4.69) is 11.9 Å². The van der Waals surface area contributed by atoms with Crippen molar-refractivity contribution in [2.45, 2.75) is 19.4 Å². The highest BCUT2D eigenvalue weighted by molar-refractivity contribution is 5.77. The molecule has 0 saturated heterocycles. The van der Waals surface area contributed by atoms with Crippen LogP contribution < -0.4 is 25.3 Å². The van der Waals surface area contributed by atoms with Gasteiger partial charge in [0.1, 0.15) is 5.75 Å². The summed E-state index contributed by atoms with van der Waals surface area (Å²) in [5.74, 6) is 1.67. The van der Waals surface area contributed by atoms with E-state index in [9.17, 15) is 4.79 Å². The predicted molar refractivity (Wildman–Crippen MR) is 78.6 cm³/mol. The van der Waals surface area contributed by atoms with Crippen LogP contribution >= 0.6 is 0 Å². The van der Waals surface area contributed by atoms with Crippen LogP contribution in [0.25, 0.3) is 0 Å². The number of nitrogens with two attached hydrogens (primary N) is 1. The summed E-state index contributed by atoms with van der Waals surface area (Å²) >= 11 is 0. The molecular weight excluding hydrogens is 272 g/mol. The maximum Gasteiger partial charge on any atom is 0.258 e. The zero-order valence-electron chi connectivity index (χ0n) is 12.1. The van der Waals surface area contributed by atoms with Gasteiger partial charge in [0.15, 0.2) is 18.1 Å². The number of carbonyl (C=O) groups excluding carboxylic acids is 1. The number of hydrogen-bond acceptors (Lipinski definition) is 5. The molecule has 0 aromatic heterocycles. The van der Waals surface area contributed by atoms with Gasteiger partial charge in [-0.25, -0.2) is 0 Å². The van der Waals surface area contributed by atoms with E-state index in [-0.39, 0.29) is 25.3 Å². The van der Waals surface area contributed by atoms with Crippen molar-refractivity contribution in [1.82, 2.24) is 5.32 Å². The van der Waals surface area contributed by atoms with E-state index in [1.54, 1.807) is 12.1 Å². The molecule has 1 aromatic rings. The maximum absolute atomic E-state index is 11.6. The van der Waals surface area contributed by atoms with E-state index in [0.29, 0.717) is 30.2 Å². The fourth-order valence-corrected chi connectivity index (χ4v) is 1.99. The van der Waals surface area contributed by atoms with Crippen molar-refractivity contribution in [1.29, 1.82) is 0 Å². The van der Waals surface area contributed by atoms with Gasteiger partial charge in [0.2, 0.25) is 6.79 Å². The summed E-state index contributed by atoms with van der Waals surface area (Å²) < 4.78 is 16.3. The first-order valence-corrected chi connectivity index (χ1v) is 6.78. The molecule has 1 aliphatic rings. The van der Waals surface area contributed by atoms with E-state index in [1.165, 1.54) is 0 Å². The Bertz CT molecular complexity index is 529. The number of carbonyl (C=O) groups is 1. The van der Waals surface area contributed by atoms with Crippen molar-refractivity contribution in [2.75, 3.05) is 19.9 Å². The lowest BCUT2D eigenvalue weighted by atomic mass is 10.1. The van der Waals surface area contributed by atoms with Crippen molar-refractivity contribution in [3.05, 3.63) is 30.4 Å². The van der Waals surface area contributed by atoms with E-state index >= 15 is 0 Å². The molecule has 2 rings (SSSR count). The first kappa shape index (κ1) is 15.2. The molecule has 6 nitrogen and oxygen atoms in total. The number of ether oxygens (including phenoxy) is 3. The van der Waals surface area contributed by atoms with Crippen molar-refractivity contribution in [3.63, 3.8) is 0 Å². The van der Waals surface area contributed by atoms with Crippen molar-refractivity contribution >= 4 is 5.91 Å². The second-order valence-electron chi connectivity index (χ2n) is 4.88. The Labute approximate surface area is 123 Å². The maximum atomic E-state index is 11.6. The average Bonchev–Trinajstić information content (AvgIpc) is 2.89. The molecule has 0 aliphatic carbocycles. The van der Waals surface area contributed by atoms with Crippen LogP contribution in [0.15, 0.2) is 24.8 Å². The topological polar surface area (TPSA) is 82.8 Å². The second kappa shape index (κ2) is 6.99. The first-order chi connectivity index (χ1) is 10.1. The van der Waals surface area contributed by atoms with Gasteiger partial charge in [-0.1, -0.05) is 6.08 Å². The molecule has 1 aliphatic heterocycles. The van der Waals surface area contributed by atoms with Crippen LogP contribution in [0.2, 0.25) is 0 Å². The molecule has 0 bridgehead atoms. The Morgan fingerprint density at radius 2 is 2.24 bits per heavy atom. The highest BCUT2D eigenvalue weighted by Gasteiger charge is 2.19. The summed E-state index contributed by atoms with van der Waals surface area (Å²) in [6.45, 7) is 5.98. The molecule has 0 saturated carbocycles. The van der Waals surface area contributed by atoms with Crippen LogP contribution in [0.5, 0.6) is 17.2 Å². The summed E-state index contributed by atoms with van der Waals surface area (Å²) in [5, 5.41) is 2.65. The lowest BCUT2D eigenvalue weighted by Crippen LogP contribution is -2.29. The Kier molecular flexibility index (Phi) is 5.05. The minimum absolute atomic E-state index is 0.0256. The SMILES string of the molecule is C=CCNC(=O)COc1cc2c(cc1CC(C)N)OCO2. The molecule has 1 unspecified atom stereocenters. The molecule has 0 spiro atoms. The van der Waals surface area contributed by atoms with Gasteiger partial charge in [-0.15, -0.1) is 6.58 Å². The molecule has 21 heavy (non-hydrogen) atoms. The van der Waals surface area contributed by atoms with Crippen molar-refractivity contribution in [2.24, 2.45) is 5.73 Å². The van der Waals surface area contributed by atoms with Gasteiger partial charge in [-0.2, -0.15) is 0 Å². The summed E-state index contributed by atoms with van der Waals surface area (Å²) in [6, 6.07) is 3.56. The van der Waals surface area contributed by atoms with E-state index < -0.39 is 0 Å². The molecule has 1 heterocycles. The zero-order chi connectivity index (χ0) is 15.2.